The molecule has 1 rings (SSSR count). The fourth-order valence-corrected chi connectivity index (χ4v) is 1.68. The molecule has 0 aromatic heterocycles. The van der Waals surface area contributed by atoms with Crippen molar-refractivity contribution in [2.45, 2.75) is 25.6 Å². The first kappa shape index (κ1) is 16.4. The van der Waals surface area contributed by atoms with Crippen molar-refractivity contribution in [3.05, 3.63) is 35.1 Å². The van der Waals surface area contributed by atoms with Gasteiger partial charge >= 0.3 is 12.1 Å². The smallest absolute Gasteiger partial charge is 0.419 e. The summed E-state index contributed by atoms with van der Waals surface area (Å²) in [5.74, 6) is -2.10. The van der Waals surface area contributed by atoms with Crippen molar-refractivity contribution in [1.29, 1.82) is 0 Å². The highest BCUT2D eigenvalue weighted by Crippen LogP contribution is 2.33. The van der Waals surface area contributed by atoms with Crippen LogP contribution < -0.4 is 5.32 Å². The van der Waals surface area contributed by atoms with Gasteiger partial charge in [0.25, 0.3) is 0 Å². The molecule has 0 amide bonds. The van der Waals surface area contributed by atoms with Gasteiger partial charge in [-0.05, 0) is 30.7 Å². The molecule has 0 heterocycles. The first-order valence-corrected chi connectivity index (χ1v) is 5.99. The molecule has 0 saturated carbocycles. The number of rotatable bonds is 5. The van der Waals surface area contributed by atoms with Crippen molar-refractivity contribution in [2.75, 3.05) is 13.7 Å². The first-order chi connectivity index (χ1) is 9.31. The highest BCUT2D eigenvalue weighted by molar-refractivity contribution is 5.77. The van der Waals surface area contributed by atoms with E-state index >= 15 is 0 Å². The van der Waals surface area contributed by atoms with Crippen LogP contribution in [-0.2, 0) is 15.7 Å². The van der Waals surface area contributed by atoms with Crippen molar-refractivity contribution in [3.8, 4) is 0 Å². The summed E-state index contributed by atoms with van der Waals surface area (Å²) >= 11 is 0. The summed E-state index contributed by atoms with van der Waals surface area (Å²) in [5, 5.41) is 2.77. The summed E-state index contributed by atoms with van der Waals surface area (Å²) in [5.41, 5.74) is -1.39. The monoisotopic (exact) mass is 293 g/mol. The Bertz CT molecular complexity index is 474. The second kappa shape index (κ2) is 6.69. The van der Waals surface area contributed by atoms with E-state index in [4.69, 9.17) is 0 Å². The molecule has 112 valence electrons. The highest BCUT2D eigenvalue weighted by Gasteiger charge is 2.35. The Morgan fingerprint density at radius 2 is 2.05 bits per heavy atom. The Balaban J connectivity index is 3.17. The molecule has 0 saturated heterocycles. The normalized spacial score (nSPS) is 13.1. The van der Waals surface area contributed by atoms with Gasteiger partial charge in [-0.1, -0.05) is 13.0 Å². The maximum Gasteiger partial charge on any atom is 0.419 e. The van der Waals surface area contributed by atoms with Crippen LogP contribution in [0.1, 0.15) is 30.5 Å². The number of carbonyl (C=O) groups is 1. The molecule has 1 aromatic rings. The minimum Gasteiger partial charge on any atom is -0.468 e. The average molecular weight is 293 g/mol. The zero-order valence-electron chi connectivity index (χ0n) is 11.1. The molecule has 0 aliphatic rings. The fourth-order valence-electron chi connectivity index (χ4n) is 1.68. The quantitative estimate of drug-likeness (QED) is 0.670. The molecule has 20 heavy (non-hydrogen) atoms. The third-order valence-corrected chi connectivity index (χ3v) is 2.66. The number of hydrogen-bond donors (Lipinski definition) is 1. The largest absolute Gasteiger partial charge is 0.468 e. The second-order valence-corrected chi connectivity index (χ2v) is 4.15. The van der Waals surface area contributed by atoms with Gasteiger partial charge < -0.3 is 10.1 Å². The van der Waals surface area contributed by atoms with E-state index < -0.39 is 29.6 Å². The van der Waals surface area contributed by atoms with Gasteiger partial charge in [-0.3, -0.25) is 0 Å². The van der Waals surface area contributed by atoms with Crippen LogP contribution in [0.25, 0.3) is 0 Å². The van der Waals surface area contributed by atoms with Crippen molar-refractivity contribution in [2.24, 2.45) is 0 Å². The van der Waals surface area contributed by atoms with Crippen molar-refractivity contribution in [1.82, 2.24) is 5.32 Å². The summed E-state index contributed by atoms with van der Waals surface area (Å²) in [7, 11) is 1.14. The zero-order chi connectivity index (χ0) is 15.3. The van der Waals surface area contributed by atoms with E-state index in [1.807, 2.05) is 6.92 Å². The van der Waals surface area contributed by atoms with Crippen LogP contribution in [0, 0.1) is 5.82 Å². The number of hydrogen-bond acceptors (Lipinski definition) is 3. The molecule has 0 radical (unpaired) electrons. The Morgan fingerprint density at radius 1 is 1.40 bits per heavy atom. The second-order valence-electron chi connectivity index (χ2n) is 4.15. The Morgan fingerprint density at radius 3 is 2.55 bits per heavy atom. The van der Waals surface area contributed by atoms with E-state index in [0.29, 0.717) is 25.1 Å². The molecular weight excluding hydrogens is 278 g/mol. The number of methoxy groups -OCH3 is 1. The lowest BCUT2D eigenvalue weighted by atomic mass is 10.0. The SMILES string of the molecule is CCCNC(C(=O)OC)c1ccc(F)c(C(F)(F)F)c1. The number of nitrogens with one attached hydrogen (secondary N) is 1. The Kier molecular flexibility index (Phi) is 5.50. The molecule has 0 fully saturated rings. The summed E-state index contributed by atoms with van der Waals surface area (Å²) in [6.45, 7) is 2.26. The molecule has 7 heteroatoms. The van der Waals surface area contributed by atoms with E-state index in [1.54, 1.807) is 0 Å². The molecule has 0 aliphatic heterocycles. The van der Waals surface area contributed by atoms with Crippen LogP contribution in [0.5, 0.6) is 0 Å². The molecule has 0 aliphatic carbocycles. The zero-order valence-corrected chi connectivity index (χ0v) is 11.1. The summed E-state index contributed by atoms with van der Waals surface area (Å²) in [4.78, 5) is 11.6. The molecule has 0 bridgehead atoms. The van der Waals surface area contributed by atoms with Crippen LogP contribution in [0.3, 0.4) is 0 Å². The number of benzene rings is 1. The molecule has 1 unspecified atom stereocenters. The first-order valence-electron chi connectivity index (χ1n) is 5.99. The molecule has 1 N–H and O–H groups in total. The molecule has 3 nitrogen and oxygen atoms in total. The van der Waals surface area contributed by atoms with Crippen molar-refractivity contribution in [3.63, 3.8) is 0 Å². The fraction of sp³-hybridized carbons (Fsp3) is 0.462. The van der Waals surface area contributed by atoms with E-state index in [2.05, 4.69) is 10.1 Å². The average Bonchev–Trinajstić information content (AvgIpc) is 2.39. The maximum absolute atomic E-state index is 13.2. The van der Waals surface area contributed by atoms with Crippen LogP contribution >= 0.6 is 0 Å². The third-order valence-electron chi connectivity index (χ3n) is 2.66. The number of halogens is 4. The van der Waals surface area contributed by atoms with E-state index in [1.165, 1.54) is 0 Å². The van der Waals surface area contributed by atoms with Gasteiger partial charge in [0.15, 0.2) is 0 Å². The number of esters is 1. The van der Waals surface area contributed by atoms with Gasteiger partial charge in [-0.15, -0.1) is 0 Å². The van der Waals surface area contributed by atoms with Crippen molar-refractivity contribution >= 4 is 5.97 Å². The van der Waals surface area contributed by atoms with Gasteiger partial charge in [-0.2, -0.15) is 13.2 Å². The Labute approximate surface area is 113 Å². The van der Waals surface area contributed by atoms with E-state index in [9.17, 15) is 22.4 Å². The summed E-state index contributed by atoms with van der Waals surface area (Å²) in [6, 6.07) is 1.40. The maximum atomic E-state index is 13.2. The van der Waals surface area contributed by atoms with Gasteiger partial charge in [0, 0.05) is 0 Å². The highest BCUT2D eigenvalue weighted by atomic mass is 19.4. The lowest BCUT2D eigenvalue weighted by Crippen LogP contribution is -2.30. The van der Waals surface area contributed by atoms with Gasteiger partial charge in [-0.25, -0.2) is 9.18 Å². The standard InChI is InChI=1S/C13H15F4NO2/c1-3-6-18-11(12(19)20-2)8-4-5-10(14)9(7-8)13(15,16)17/h4-5,7,11,18H,3,6H2,1-2H3. The van der Waals surface area contributed by atoms with Crippen LogP contribution in [-0.4, -0.2) is 19.6 Å². The summed E-state index contributed by atoms with van der Waals surface area (Å²) in [6.07, 6.45) is -4.13. The van der Waals surface area contributed by atoms with E-state index in [-0.39, 0.29) is 5.56 Å². The van der Waals surface area contributed by atoms with Gasteiger partial charge in [0.2, 0.25) is 0 Å². The van der Waals surface area contributed by atoms with Crippen LogP contribution in [0.4, 0.5) is 17.6 Å². The van der Waals surface area contributed by atoms with Crippen LogP contribution in [0.15, 0.2) is 18.2 Å². The van der Waals surface area contributed by atoms with Gasteiger partial charge in [0.05, 0.1) is 12.7 Å². The van der Waals surface area contributed by atoms with Crippen LogP contribution in [0.2, 0.25) is 0 Å². The molecule has 0 spiro atoms. The minimum atomic E-state index is -4.81. The molecular formula is C13H15F4NO2. The Hall–Kier alpha value is -1.63. The lowest BCUT2D eigenvalue weighted by Gasteiger charge is -2.18. The predicted molar refractivity (Wildman–Crippen MR) is 64.5 cm³/mol. The number of carbonyl (C=O) groups excluding carboxylic acids is 1. The van der Waals surface area contributed by atoms with Crippen molar-refractivity contribution < 1.29 is 27.1 Å². The topological polar surface area (TPSA) is 38.3 Å². The summed E-state index contributed by atoms with van der Waals surface area (Å²) < 4.78 is 55.7. The third kappa shape index (κ3) is 3.93. The lowest BCUT2D eigenvalue weighted by molar-refractivity contribution is -0.144. The number of alkyl halides is 3. The molecule has 1 aromatic carbocycles. The minimum absolute atomic E-state index is 0.0130. The molecule has 1 atom stereocenters. The van der Waals surface area contributed by atoms with E-state index in [0.717, 1.165) is 13.2 Å². The van der Waals surface area contributed by atoms with Gasteiger partial charge in [0.1, 0.15) is 11.9 Å². The number of ether oxygens (including phenoxy) is 1. The predicted octanol–water partition coefficient (Wildman–Crippen LogP) is 3.06.